The molecule has 0 radical (unpaired) electrons. The second kappa shape index (κ2) is 6.32. The van der Waals surface area contributed by atoms with E-state index in [1.165, 1.54) is 24.5 Å². The molecule has 1 saturated carbocycles. The first kappa shape index (κ1) is 16.2. The minimum absolute atomic E-state index is 0.221. The van der Waals surface area contributed by atoms with E-state index >= 15 is 0 Å². The molecule has 21 heavy (non-hydrogen) atoms. The monoisotopic (exact) mass is 316 g/mol. The van der Waals surface area contributed by atoms with Crippen LogP contribution < -0.4 is 4.74 Å². The number of hydrogen-bond donors (Lipinski definition) is 1. The Morgan fingerprint density at radius 1 is 1.38 bits per heavy atom. The Kier molecular flexibility index (Phi) is 4.88. The quantitative estimate of drug-likeness (QED) is 0.927. The summed E-state index contributed by atoms with van der Waals surface area (Å²) in [5, 5.41) is 9.31. The van der Waals surface area contributed by atoms with Crippen molar-refractivity contribution in [1.29, 1.82) is 0 Å². The van der Waals surface area contributed by atoms with E-state index in [1.807, 2.05) is 0 Å². The molecular formula is C15H21FO4S. The summed E-state index contributed by atoms with van der Waals surface area (Å²) in [5.74, 6) is -0.0125. The van der Waals surface area contributed by atoms with Crippen LogP contribution in [-0.2, 0) is 9.84 Å². The number of aliphatic hydroxyl groups is 1. The number of rotatable bonds is 4. The molecule has 0 spiro atoms. The van der Waals surface area contributed by atoms with Gasteiger partial charge in [-0.05, 0) is 44.4 Å². The van der Waals surface area contributed by atoms with Gasteiger partial charge in [0, 0.05) is 18.2 Å². The molecular weight excluding hydrogens is 295 g/mol. The lowest BCUT2D eigenvalue weighted by Gasteiger charge is -2.29. The summed E-state index contributed by atoms with van der Waals surface area (Å²) in [4.78, 5) is 0. The number of ether oxygens (including phenoxy) is 1. The molecule has 1 aromatic rings. The zero-order valence-corrected chi connectivity index (χ0v) is 13.1. The van der Waals surface area contributed by atoms with Crippen molar-refractivity contribution in [1.82, 2.24) is 0 Å². The third kappa shape index (κ3) is 4.17. The smallest absolute Gasteiger partial charge is 0.150 e. The molecule has 1 aliphatic rings. The van der Waals surface area contributed by atoms with Crippen molar-refractivity contribution in [3.05, 3.63) is 29.6 Å². The molecule has 1 N–H and O–H groups in total. The van der Waals surface area contributed by atoms with Crippen LogP contribution in [0.5, 0.6) is 5.75 Å². The second-order valence-corrected chi connectivity index (χ2v) is 8.04. The Morgan fingerprint density at radius 3 is 2.71 bits per heavy atom. The van der Waals surface area contributed by atoms with E-state index in [9.17, 15) is 17.9 Å². The highest BCUT2D eigenvalue weighted by atomic mass is 32.2. The van der Waals surface area contributed by atoms with E-state index in [4.69, 9.17) is 4.74 Å². The van der Waals surface area contributed by atoms with Gasteiger partial charge in [-0.15, -0.1) is 0 Å². The fraction of sp³-hybridized carbons (Fsp3) is 0.600. The minimum Gasteiger partial charge on any atom is -0.490 e. The van der Waals surface area contributed by atoms with Crippen LogP contribution in [-0.4, -0.2) is 31.1 Å². The highest BCUT2D eigenvalue weighted by Crippen LogP contribution is 2.31. The highest BCUT2D eigenvalue weighted by molar-refractivity contribution is 7.91. The molecule has 0 aromatic heterocycles. The van der Waals surface area contributed by atoms with Crippen LogP contribution in [0.4, 0.5) is 4.39 Å². The van der Waals surface area contributed by atoms with Crippen molar-refractivity contribution in [2.75, 3.05) is 6.26 Å². The van der Waals surface area contributed by atoms with Gasteiger partial charge in [0.2, 0.25) is 0 Å². The second-order valence-electron chi connectivity index (χ2n) is 5.72. The predicted octanol–water partition coefficient (Wildman–Crippen LogP) is 2.61. The van der Waals surface area contributed by atoms with Crippen molar-refractivity contribution < 1.29 is 22.7 Å². The number of halogens is 1. The standard InChI is InChI=1S/C15H21FO4S/c1-10(17)14-8-11(16)6-7-15(14)20-12-4-3-5-13(9-12)21(2,18)19/h6-8,10,12-13,17H,3-5,9H2,1-2H3/t10-,12?,13?/m1/s1. The summed E-state index contributed by atoms with van der Waals surface area (Å²) in [5.41, 5.74) is 0.386. The van der Waals surface area contributed by atoms with Gasteiger partial charge in [-0.1, -0.05) is 0 Å². The molecule has 1 fully saturated rings. The largest absolute Gasteiger partial charge is 0.490 e. The zero-order valence-electron chi connectivity index (χ0n) is 12.3. The summed E-state index contributed by atoms with van der Waals surface area (Å²) < 4.78 is 42.4. The molecule has 1 aliphatic carbocycles. The van der Waals surface area contributed by atoms with Gasteiger partial charge in [-0.25, -0.2) is 12.8 Å². The van der Waals surface area contributed by atoms with Gasteiger partial charge in [-0.2, -0.15) is 0 Å². The number of hydrogen-bond acceptors (Lipinski definition) is 4. The maximum atomic E-state index is 13.3. The van der Waals surface area contributed by atoms with Gasteiger partial charge in [0.15, 0.2) is 0 Å². The minimum atomic E-state index is -3.07. The summed E-state index contributed by atoms with van der Waals surface area (Å²) in [6.07, 6.45) is 2.84. The lowest BCUT2D eigenvalue weighted by molar-refractivity contribution is 0.143. The third-order valence-electron chi connectivity index (χ3n) is 3.90. The predicted molar refractivity (Wildman–Crippen MR) is 78.5 cm³/mol. The molecule has 0 aliphatic heterocycles. The van der Waals surface area contributed by atoms with Gasteiger partial charge in [0.05, 0.1) is 17.5 Å². The van der Waals surface area contributed by atoms with E-state index in [1.54, 1.807) is 6.92 Å². The van der Waals surface area contributed by atoms with Crippen LogP contribution >= 0.6 is 0 Å². The number of aliphatic hydroxyl groups excluding tert-OH is 1. The van der Waals surface area contributed by atoms with Gasteiger partial charge in [0.1, 0.15) is 21.4 Å². The van der Waals surface area contributed by atoms with E-state index in [0.29, 0.717) is 24.2 Å². The van der Waals surface area contributed by atoms with Crippen LogP contribution in [0.25, 0.3) is 0 Å². The number of benzene rings is 1. The summed E-state index contributed by atoms with van der Waals surface area (Å²) in [6, 6.07) is 4.01. The van der Waals surface area contributed by atoms with Crippen LogP contribution in [0.3, 0.4) is 0 Å². The molecule has 0 amide bonds. The molecule has 0 heterocycles. The fourth-order valence-electron chi connectivity index (χ4n) is 2.73. The van der Waals surface area contributed by atoms with Crippen LogP contribution in [0.15, 0.2) is 18.2 Å². The van der Waals surface area contributed by atoms with Gasteiger partial charge in [0.25, 0.3) is 0 Å². The van der Waals surface area contributed by atoms with Crippen molar-refractivity contribution in [2.45, 2.75) is 50.1 Å². The first-order chi connectivity index (χ1) is 9.77. The average Bonchev–Trinajstić information content (AvgIpc) is 2.40. The Hall–Kier alpha value is -1.14. The number of sulfone groups is 1. The Labute approximate surface area is 124 Å². The first-order valence-corrected chi connectivity index (χ1v) is 9.06. The van der Waals surface area contributed by atoms with E-state index in [2.05, 4.69) is 0 Å². The van der Waals surface area contributed by atoms with E-state index < -0.39 is 21.8 Å². The lowest BCUT2D eigenvalue weighted by atomic mass is 9.97. The van der Waals surface area contributed by atoms with Crippen molar-refractivity contribution in [3.63, 3.8) is 0 Å². The Morgan fingerprint density at radius 2 is 2.10 bits per heavy atom. The Balaban J connectivity index is 2.15. The molecule has 118 valence electrons. The molecule has 0 bridgehead atoms. The van der Waals surface area contributed by atoms with Crippen molar-refractivity contribution in [2.24, 2.45) is 0 Å². The van der Waals surface area contributed by atoms with Gasteiger partial charge in [-0.3, -0.25) is 0 Å². The average molecular weight is 316 g/mol. The summed E-state index contributed by atoms with van der Waals surface area (Å²) in [7, 11) is -3.07. The fourth-order valence-corrected chi connectivity index (χ4v) is 3.89. The molecule has 0 saturated heterocycles. The molecule has 2 rings (SSSR count). The third-order valence-corrected chi connectivity index (χ3v) is 5.54. The Bertz CT molecular complexity index is 598. The van der Waals surface area contributed by atoms with Crippen LogP contribution in [0, 0.1) is 5.82 Å². The van der Waals surface area contributed by atoms with E-state index in [0.717, 1.165) is 12.8 Å². The topological polar surface area (TPSA) is 63.6 Å². The van der Waals surface area contributed by atoms with E-state index in [-0.39, 0.29) is 11.4 Å². The first-order valence-electron chi connectivity index (χ1n) is 7.10. The van der Waals surface area contributed by atoms with Gasteiger partial charge < -0.3 is 9.84 Å². The molecule has 6 heteroatoms. The molecule has 2 unspecified atom stereocenters. The normalized spacial score (nSPS) is 24.6. The maximum Gasteiger partial charge on any atom is 0.150 e. The summed E-state index contributed by atoms with van der Waals surface area (Å²) >= 11 is 0. The SMILES string of the molecule is C[C@@H](O)c1cc(F)ccc1OC1CCCC(S(C)(=O)=O)C1. The zero-order chi connectivity index (χ0) is 15.6. The van der Waals surface area contributed by atoms with Crippen molar-refractivity contribution in [3.8, 4) is 5.75 Å². The molecule has 1 aromatic carbocycles. The molecule has 4 nitrogen and oxygen atoms in total. The maximum absolute atomic E-state index is 13.3. The van der Waals surface area contributed by atoms with Crippen molar-refractivity contribution >= 4 is 9.84 Å². The highest BCUT2D eigenvalue weighted by Gasteiger charge is 2.30. The molecule has 3 atom stereocenters. The summed E-state index contributed by atoms with van der Waals surface area (Å²) in [6.45, 7) is 1.54. The van der Waals surface area contributed by atoms with Crippen LogP contribution in [0.1, 0.15) is 44.3 Å². The lowest BCUT2D eigenvalue weighted by Crippen LogP contribution is -2.33. The van der Waals surface area contributed by atoms with Gasteiger partial charge >= 0.3 is 0 Å². The van der Waals surface area contributed by atoms with Crippen LogP contribution in [0.2, 0.25) is 0 Å².